The van der Waals surface area contributed by atoms with Crippen molar-refractivity contribution < 1.29 is 18.4 Å². The van der Waals surface area contributed by atoms with Gasteiger partial charge in [-0.2, -0.15) is 0 Å². The molecule has 34 heavy (non-hydrogen) atoms. The molecule has 3 aromatic rings. The van der Waals surface area contributed by atoms with Crippen LogP contribution < -0.4 is 16.6 Å². The first kappa shape index (κ1) is 25.0. The van der Waals surface area contributed by atoms with Crippen LogP contribution in [0, 0.1) is 17.6 Å². The molecule has 1 heterocycles. The number of nitrogens with zero attached hydrogens (tertiary/aromatic N) is 2. The lowest BCUT2D eigenvalue weighted by Gasteiger charge is -2.14. The summed E-state index contributed by atoms with van der Waals surface area (Å²) >= 11 is 0. The number of hydrogen-bond acceptors (Lipinski definition) is 4. The first-order chi connectivity index (χ1) is 16.2. The minimum absolute atomic E-state index is 0.00289. The van der Waals surface area contributed by atoms with Crippen LogP contribution in [0.1, 0.15) is 43.1 Å². The second-order valence-corrected chi connectivity index (χ2v) is 8.29. The standard InChI is InChI=1S/C25H27F2N3O4/c1-4-29-22-9-6-16(12-19(22)24(33)30(5-2)25(29)34)11-18(31)10-15(3)14-28-23(32)17-7-8-20(26)21(27)13-17/h6-9,12-13,15H,4-5,10-11,14H2,1-3H3,(H,28,32). The summed E-state index contributed by atoms with van der Waals surface area (Å²) in [5, 5.41) is 3.01. The van der Waals surface area contributed by atoms with E-state index in [1.165, 1.54) is 15.2 Å². The molecule has 0 fully saturated rings. The van der Waals surface area contributed by atoms with Crippen molar-refractivity contribution in [1.82, 2.24) is 14.5 Å². The highest BCUT2D eigenvalue weighted by atomic mass is 19.2. The Hall–Kier alpha value is -3.62. The fourth-order valence-electron chi connectivity index (χ4n) is 3.93. The fraction of sp³-hybridized carbons (Fsp3) is 0.360. The highest BCUT2D eigenvalue weighted by molar-refractivity contribution is 5.94. The zero-order chi connectivity index (χ0) is 25.0. The zero-order valence-electron chi connectivity index (χ0n) is 19.4. The monoisotopic (exact) mass is 471 g/mol. The van der Waals surface area contributed by atoms with Gasteiger partial charge in [0.1, 0.15) is 5.78 Å². The summed E-state index contributed by atoms with van der Waals surface area (Å²) < 4.78 is 29.0. The van der Waals surface area contributed by atoms with E-state index >= 15 is 0 Å². The van der Waals surface area contributed by atoms with Crippen molar-refractivity contribution in [3.05, 3.63) is 80.0 Å². The number of halogens is 2. The third-order valence-electron chi connectivity index (χ3n) is 5.69. The molecular formula is C25H27F2N3O4. The lowest BCUT2D eigenvalue weighted by molar-refractivity contribution is -0.119. The Balaban J connectivity index is 1.66. The second-order valence-electron chi connectivity index (χ2n) is 8.29. The van der Waals surface area contributed by atoms with E-state index < -0.39 is 17.5 Å². The van der Waals surface area contributed by atoms with Gasteiger partial charge in [-0.25, -0.2) is 13.6 Å². The number of rotatable bonds is 9. The number of aromatic nitrogens is 2. The Kier molecular flexibility index (Phi) is 7.75. The lowest BCUT2D eigenvalue weighted by atomic mass is 9.99. The number of carbonyl (C=O) groups is 2. The van der Waals surface area contributed by atoms with Gasteiger partial charge in [-0.05, 0) is 55.7 Å². The molecule has 1 aromatic heterocycles. The van der Waals surface area contributed by atoms with Crippen molar-refractivity contribution in [2.75, 3.05) is 6.54 Å². The largest absolute Gasteiger partial charge is 0.352 e. The molecule has 1 N–H and O–H groups in total. The highest BCUT2D eigenvalue weighted by Gasteiger charge is 2.16. The van der Waals surface area contributed by atoms with Crippen LogP contribution in [-0.2, 0) is 24.3 Å². The van der Waals surface area contributed by atoms with Crippen molar-refractivity contribution >= 4 is 22.6 Å². The molecule has 0 aliphatic rings. The van der Waals surface area contributed by atoms with Gasteiger partial charge in [-0.3, -0.25) is 23.5 Å². The number of hydrogen-bond donors (Lipinski definition) is 1. The van der Waals surface area contributed by atoms with Gasteiger partial charge < -0.3 is 5.32 Å². The summed E-state index contributed by atoms with van der Waals surface area (Å²) in [6.07, 6.45) is 0.290. The summed E-state index contributed by atoms with van der Waals surface area (Å²) in [6, 6.07) is 7.98. The molecule has 0 saturated heterocycles. The Labute approximate surface area is 195 Å². The van der Waals surface area contributed by atoms with E-state index in [0.29, 0.717) is 23.0 Å². The fourth-order valence-corrected chi connectivity index (χ4v) is 3.93. The van der Waals surface area contributed by atoms with E-state index in [1.807, 2.05) is 6.92 Å². The summed E-state index contributed by atoms with van der Waals surface area (Å²) in [6.45, 7) is 6.21. The molecular weight excluding hydrogens is 444 g/mol. The number of nitrogens with one attached hydrogen (secondary N) is 1. The van der Waals surface area contributed by atoms with E-state index in [-0.39, 0.29) is 54.4 Å². The zero-order valence-corrected chi connectivity index (χ0v) is 19.4. The minimum atomic E-state index is -1.10. The summed E-state index contributed by atoms with van der Waals surface area (Å²) in [5.74, 6) is -2.95. The van der Waals surface area contributed by atoms with Gasteiger partial charge in [-0.1, -0.05) is 13.0 Å². The molecule has 0 bridgehead atoms. The number of fused-ring (bicyclic) bond motifs is 1. The lowest BCUT2D eigenvalue weighted by Crippen LogP contribution is -2.39. The molecule has 7 nitrogen and oxygen atoms in total. The van der Waals surface area contributed by atoms with Gasteiger partial charge in [0, 0.05) is 38.0 Å². The third kappa shape index (κ3) is 5.30. The molecule has 0 spiro atoms. The van der Waals surface area contributed by atoms with Crippen molar-refractivity contribution in [2.24, 2.45) is 5.92 Å². The number of Topliss-reactive ketones (excluding diaryl/α,β-unsaturated/α-hetero) is 1. The summed E-state index contributed by atoms with van der Waals surface area (Å²) in [5.41, 5.74) is 0.459. The molecule has 0 saturated carbocycles. The van der Waals surface area contributed by atoms with Gasteiger partial charge in [-0.15, -0.1) is 0 Å². The molecule has 1 amide bonds. The van der Waals surface area contributed by atoms with Crippen LogP contribution >= 0.6 is 0 Å². The minimum Gasteiger partial charge on any atom is -0.352 e. The van der Waals surface area contributed by atoms with Crippen LogP contribution in [0.15, 0.2) is 46.0 Å². The van der Waals surface area contributed by atoms with Gasteiger partial charge in [0.2, 0.25) is 0 Å². The number of amides is 1. The first-order valence-electron chi connectivity index (χ1n) is 11.2. The Morgan fingerprint density at radius 2 is 1.68 bits per heavy atom. The van der Waals surface area contributed by atoms with E-state index in [2.05, 4.69) is 5.32 Å². The van der Waals surface area contributed by atoms with Crippen molar-refractivity contribution in [2.45, 2.75) is 46.7 Å². The Morgan fingerprint density at radius 1 is 0.971 bits per heavy atom. The number of benzene rings is 2. The van der Waals surface area contributed by atoms with Gasteiger partial charge >= 0.3 is 5.69 Å². The third-order valence-corrected chi connectivity index (χ3v) is 5.69. The average Bonchev–Trinajstić information content (AvgIpc) is 2.80. The Morgan fingerprint density at radius 3 is 2.32 bits per heavy atom. The van der Waals surface area contributed by atoms with Gasteiger partial charge in [0.05, 0.1) is 10.9 Å². The Bertz CT molecular complexity index is 1360. The van der Waals surface area contributed by atoms with Gasteiger partial charge in [0.15, 0.2) is 11.6 Å². The molecule has 1 unspecified atom stereocenters. The van der Waals surface area contributed by atoms with Crippen molar-refractivity contribution in [3.8, 4) is 0 Å². The maximum atomic E-state index is 13.3. The maximum Gasteiger partial charge on any atom is 0.331 e. The van der Waals surface area contributed by atoms with E-state index in [1.54, 1.807) is 32.0 Å². The second kappa shape index (κ2) is 10.5. The number of aryl methyl sites for hydroxylation is 1. The van der Waals surface area contributed by atoms with E-state index in [0.717, 1.165) is 12.1 Å². The van der Waals surface area contributed by atoms with Crippen LogP contribution in [0.4, 0.5) is 8.78 Å². The normalized spacial score (nSPS) is 12.0. The number of carbonyl (C=O) groups excluding carboxylic acids is 2. The average molecular weight is 472 g/mol. The summed E-state index contributed by atoms with van der Waals surface area (Å²) in [4.78, 5) is 50.0. The predicted molar refractivity (Wildman–Crippen MR) is 125 cm³/mol. The molecule has 180 valence electrons. The molecule has 1 atom stereocenters. The molecule has 2 aromatic carbocycles. The van der Waals surface area contributed by atoms with Crippen LogP contribution in [0.5, 0.6) is 0 Å². The van der Waals surface area contributed by atoms with Crippen molar-refractivity contribution in [1.29, 1.82) is 0 Å². The van der Waals surface area contributed by atoms with Gasteiger partial charge in [0.25, 0.3) is 11.5 Å². The smallest absolute Gasteiger partial charge is 0.331 e. The van der Waals surface area contributed by atoms with Crippen molar-refractivity contribution in [3.63, 3.8) is 0 Å². The predicted octanol–water partition coefficient (Wildman–Crippen LogP) is 3.05. The highest BCUT2D eigenvalue weighted by Crippen LogP contribution is 2.15. The quantitative estimate of drug-likeness (QED) is 0.520. The topological polar surface area (TPSA) is 90.2 Å². The molecule has 3 rings (SSSR count). The van der Waals surface area contributed by atoms with E-state index in [4.69, 9.17) is 0 Å². The SMILES string of the molecule is CCn1c(=O)c2cc(CC(=O)CC(C)CNC(=O)c3ccc(F)c(F)c3)ccc2n(CC)c1=O. The summed E-state index contributed by atoms with van der Waals surface area (Å²) in [7, 11) is 0. The molecule has 9 heteroatoms. The van der Waals surface area contributed by atoms with Crippen LogP contribution in [0.25, 0.3) is 10.9 Å². The first-order valence-corrected chi connectivity index (χ1v) is 11.2. The molecule has 0 radical (unpaired) electrons. The van der Waals surface area contributed by atoms with Crippen LogP contribution in [0.2, 0.25) is 0 Å². The molecule has 0 aliphatic heterocycles. The number of ketones is 1. The van der Waals surface area contributed by atoms with Crippen LogP contribution in [-0.4, -0.2) is 27.4 Å². The van der Waals surface area contributed by atoms with E-state index in [9.17, 15) is 28.0 Å². The molecule has 0 aliphatic carbocycles. The maximum absolute atomic E-state index is 13.3. The van der Waals surface area contributed by atoms with Crippen LogP contribution in [0.3, 0.4) is 0 Å².